The van der Waals surface area contributed by atoms with Crippen molar-refractivity contribution in [2.24, 2.45) is 0 Å². The first-order valence-electron chi connectivity index (χ1n) is 9.87. The van der Waals surface area contributed by atoms with Gasteiger partial charge < -0.3 is 20.3 Å². The minimum absolute atomic E-state index is 0. The summed E-state index contributed by atoms with van der Waals surface area (Å²) in [5.41, 5.74) is 1.09. The Morgan fingerprint density at radius 1 is 1.00 bits per heavy atom. The van der Waals surface area contributed by atoms with Crippen molar-refractivity contribution < 1.29 is 14.3 Å². The lowest BCUT2D eigenvalue weighted by atomic mass is 10.0. The molecule has 2 aromatic carbocycles. The molecule has 1 heterocycles. The third-order valence-electron chi connectivity index (χ3n) is 5.15. The van der Waals surface area contributed by atoms with Gasteiger partial charge in [0, 0.05) is 43.3 Å². The second kappa shape index (κ2) is 13.8. The van der Waals surface area contributed by atoms with Crippen LogP contribution < -0.4 is 15.4 Å². The second-order valence-electron chi connectivity index (χ2n) is 7.21. The summed E-state index contributed by atoms with van der Waals surface area (Å²) < 4.78 is 5.15. The predicted octanol–water partition coefficient (Wildman–Crippen LogP) is 4.47. The van der Waals surface area contributed by atoms with Gasteiger partial charge in [-0.25, -0.2) is 0 Å². The molecular weight excluding hydrogens is 496 g/mol. The van der Waals surface area contributed by atoms with Gasteiger partial charge in [-0.2, -0.15) is 0 Å². The lowest BCUT2D eigenvalue weighted by Gasteiger charge is -2.32. The maximum absolute atomic E-state index is 12.4. The number of methoxy groups -OCH3 is 1. The van der Waals surface area contributed by atoms with Gasteiger partial charge in [0.05, 0.1) is 17.2 Å². The third-order valence-corrected chi connectivity index (χ3v) is 5.89. The van der Waals surface area contributed by atoms with Crippen LogP contribution in [0.1, 0.15) is 33.6 Å². The van der Waals surface area contributed by atoms with Crippen molar-refractivity contribution in [3.63, 3.8) is 0 Å². The van der Waals surface area contributed by atoms with Crippen LogP contribution in [0, 0.1) is 0 Å². The van der Waals surface area contributed by atoms with Crippen molar-refractivity contribution in [3.05, 3.63) is 63.6 Å². The first-order valence-corrected chi connectivity index (χ1v) is 10.6. The van der Waals surface area contributed by atoms with Crippen molar-refractivity contribution in [1.82, 2.24) is 15.5 Å². The normalized spacial score (nSPS) is 14.0. The van der Waals surface area contributed by atoms with Crippen LogP contribution in [0.5, 0.6) is 5.75 Å². The van der Waals surface area contributed by atoms with Crippen LogP contribution in [-0.4, -0.2) is 56.0 Å². The van der Waals surface area contributed by atoms with E-state index < -0.39 is 0 Å². The molecule has 1 saturated heterocycles. The van der Waals surface area contributed by atoms with E-state index in [1.165, 1.54) is 0 Å². The molecule has 1 aliphatic rings. The average molecular weight is 523 g/mol. The van der Waals surface area contributed by atoms with E-state index in [2.05, 4.69) is 15.5 Å². The average Bonchev–Trinajstić information content (AvgIpc) is 2.76. The van der Waals surface area contributed by atoms with E-state index in [9.17, 15) is 9.59 Å². The number of likely N-dealkylation sites (tertiary alicyclic amines) is 1. The molecule has 2 aromatic rings. The van der Waals surface area contributed by atoms with Crippen molar-refractivity contribution in [1.29, 1.82) is 0 Å². The Morgan fingerprint density at radius 3 is 2.34 bits per heavy atom. The molecule has 1 fully saturated rings. The van der Waals surface area contributed by atoms with Gasteiger partial charge >= 0.3 is 0 Å². The topological polar surface area (TPSA) is 70.7 Å². The summed E-state index contributed by atoms with van der Waals surface area (Å²) >= 11 is 11.9. The summed E-state index contributed by atoms with van der Waals surface area (Å²) in [6.45, 7) is 3.06. The number of nitrogens with one attached hydrogen (secondary N) is 2. The monoisotopic (exact) mass is 521 g/mol. The van der Waals surface area contributed by atoms with Gasteiger partial charge in [-0.15, -0.1) is 24.8 Å². The molecule has 2 N–H and O–H groups in total. The fourth-order valence-corrected chi connectivity index (χ4v) is 3.70. The minimum atomic E-state index is -0.141. The highest BCUT2D eigenvalue weighted by atomic mass is 35.5. The van der Waals surface area contributed by atoms with Gasteiger partial charge in [0.1, 0.15) is 5.75 Å². The van der Waals surface area contributed by atoms with Crippen LogP contribution in [0.2, 0.25) is 10.0 Å². The number of hydrogen-bond donors (Lipinski definition) is 2. The number of benzene rings is 2. The van der Waals surface area contributed by atoms with Gasteiger partial charge in [-0.1, -0.05) is 29.3 Å². The fourth-order valence-electron chi connectivity index (χ4n) is 3.40. The van der Waals surface area contributed by atoms with E-state index in [1.54, 1.807) is 49.6 Å². The number of hydrogen-bond acceptors (Lipinski definition) is 4. The molecule has 0 aromatic heterocycles. The molecule has 0 saturated carbocycles. The summed E-state index contributed by atoms with van der Waals surface area (Å²) in [5.74, 6) is 0.405. The van der Waals surface area contributed by atoms with Crippen LogP contribution in [0.4, 0.5) is 0 Å². The molecule has 6 nitrogen and oxygen atoms in total. The lowest BCUT2D eigenvalue weighted by Crippen LogP contribution is -2.46. The standard InChI is InChI=1S/C22H25Cl2N3O3.2ClH/c1-30-18-4-2-3-15(13-18)21(28)25-9-12-27-10-7-17(8-11-27)26-22(29)16-5-6-19(23)20(24)14-16;;/h2-6,13-14,17H,7-12H2,1H3,(H,25,28)(H,26,29);2*1H. The molecule has 0 bridgehead atoms. The molecule has 176 valence electrons. The Labute approximate surface area is 210 Å². The Bertz CT molecular complexity index is 906. The van der Waals surface area contributed by atoms with Gasteiger partial charge in [0.25, 0.3) is 11.8 Å². The molecule has 10 heteroatoms. The Hall–Kier alpha value is -1.70. The van der Waals surface area contributed by atoms with E-state index in [-0.39, 0.29) is 42.7 Å². The summed E-state index contributed by atoms with van der Waals surface area (Å²) in [5, 5.41) is 6.80. The summed E-state index contributed by atoms with van der Waals surface area (Å²) in [6.07, 6.45) is 1.72. The molecule has 0 aliphatic carbocycles. The number of piperidine rings is 1. The summed E-state index contributed by atoms with van der Waals surface area (Å²) in [4.78, 5) is 26.9. The number of ether oxygens (including phenoxy) is 1. The maximum Gasteiger partial charge on any atom is 0.251 e. The van der Waals surface area contributed by atoms with Crippen molar-refractivity contribution >= 4 is 59.8 Å². The maximum atomic E-state index is 12.4. The van der Waals surface area contributed by atoms with Crippen molar-refractivity contribution in [3.8, 4) is 5.75 Å². The Kier molecular flexibility index (Phi) is 12.2. The van der Waals surface area contributed by atoms with Crippen LogP contribution in [0.3, 0.4) is 0 Å². The second-order valence-corrected chi connectivity index (χ2v) is 8.02. The molecule has 32 heavy (non-hydrogen) atoms. The number of halogens is 4. The van der Waals surface area contributed by atoms with E-state index >= 15 is 0 Å². The molecule has 0 atom stereocenters. The highest BCUT2D eigenvalue weighted by Gasteiger charge is 2.21. The summed E-state index contributed by atoms with van der Waals surface area (Å²) in [6, 6.07) is 12.1. The van der Waals surface area contributed by atoms with Crippen molar-refractivity contribution in [2.45, 2.75) is 18.9 Å². The third kappa shape index (κ3) is 8.01. The molecule has 0 radical (unpaired) electrons. The largest absolute Gasteiger partial charge is 0.497 e. The highest BCUT2D eigenvalue weighted by molar-refractivity contribution is 6.42. The van der Waals surface area contributed by atoms with E-state index in [4.69, 9.17) is 27.9 Å². The zero-order valence-corrected chi connectivity index (χ0v) is 20.8. The van der Waals surface area contributed by atoms with Crippen LogP contribution >= 0.6 is 48.0 Å². The van der Waals surface area contributed by atoms with E-state index in [0.717, 1.165) is 32.5 Å². The fraction of sp³-hybridized carbons (Fsp3) is 0.364. The zero-order chi connectivity index (χ0) is 21.5. The number of amides is 2. The molecular formula is C22H27Cl4N3O3. The van der Waals surface area contributed by atoms with Crippen LogP contribution in [-0.2, 0) is 0 Å². The molecule has 2 amide bonds. The SMILES string of the molecule is COc1cccc(C(=O)NCCN2CCC(NC(=O)c3ccc(Cl)c(Cl)c3)CC2)c1.Cl.Cl. The molecule has 0 unspecified atom stereocenters. The number of carbonyl (C=O) groups is 2. The number of carbonyl (C=O) groups excluding carboxylic acids is 2. The van der Waals surface area contributed by atoms with E-state index in [0.29, 0.717) is 33.5 Å². The Balaban J connectivity index is 0.00000256. The number of nitrogens with zero attached hydrogens (tertiary/aromatic N) is 1. The predicted molar refractivity (Wildman–Crippen MR) is 133 cm³/mol. The minimum Gasteiger partial charge on any atom is -0.497 e. The van der Waals surface area contributed by atoms with E-state index in [1.807, 2.05) is 0 Å². The van der Waals surface area contributed by atoms with Crippen LogP contribution in [0.25, 0.3) is 0 Å². The molecule has 3 rings (SSSR count). The Morgan fingerprint density at radius 2 is 1.69 bits per heavy atom. The van der Waals surface area contributed by atoms with Gasteiger partial charge in [-0.05, 0) is 49.2 Å². The summed E-state index contributed by atoms with van der Waals surface area (Å²) in [7, 11) is 1.58. The molecule has 1 aliphatic heterocycles. The molecule has 0 spiro atoms. The van der Waals surface area contributed by atoms with Gasteiger partial charge in [0.15, 0.2) is 0 Å². The van der Waals surface area contributed by atoms with Crippen LogP contribution in [0.15, 0.2) is 42.5 Å². The smallest absolute Gasteiger partial charge is 0.251 e. The van der Waals surface area contributed by atoms with Gasteiger partial charge in [0.2, 0.25) is 0 Å². The quantitative estimate of drug-likeness (QED) is 0.562. The van der Waals surface area contributed by atoms with Crippen molar-refractivity contribution in [2.75, 3.05) is 33.3 Å². The highest BCUT2D eigenvalue weighted by Crippen LogP contribution is 2.23. The lowest BCUT2D eigenvalue weighted by molar-refractivity contribution is 0.0899. The number of rotatable bonds is 7. The zero-order valence-electron chi connectivity index (χ0n) is 17.6. The van der Waals surface area contributed by atoms with Gasteiger partial charge in [-0.3, -0.25) is 9.59 Å². The first-order chi connectivity index (χ1) is 14.5. The first kappa shape index (κ1) is 28.3.